The summed E-state index contributed by atoms with van der Waals surface area (Å²) in [5.74, 6) is 0.956. The van der Waals surface area contributed by atoms with Crippen LogP contribution < -0.4 is 10.6 Å². The molecule has 0 radical (unpaired) electrons. The summed E-state index contributed by atoms with van der Waals surface area (Å²) in [7, 11) is 2.02. The maximum Gasteiger partial charge on any atom is 0.171 e. The van der Waals surface area contributed by atoms with Gasteiger partial charge in [-0.1, -0.05) is 31.2 Å². The number of rotatable bonds is 4. The van der Waals surface area contributed by atoms with Crippen molar-refractivity contribution in [1.29, 1.82) is 0 Å². The van der Waals surface area contributed by atoms with Gasteiger partial charge in [0, 0.05) is 12.7 Å². The smallest absolute Gasteiger partial charge is 0.171 e. The summed E-state index contributed by atoms with van der Waals surface area (Å²) < 4.78 is 2.09. The number of hydrogen-bond acceptors (Lipinski definition) is 2. The van der Waals surface area contributed by atoms with E-state index in [9.17, 15) is 0 Å². The van der Waals surface area contributed by atoms with E-state index in [0.717, 1.165) is 29.0 Å². The Bertz CT molecular complexity index is 838. The summed E-state index contributed by atoms with van der Waals surface area (Å²) >= 11 is 5.38. The van der Waals surface area contributed by atoms with Crippen molar-refractivity contribution in [2.75, 3.05) is 5.32 Å². The predicted molar refractivity (Wildman–Crippen MR) is 99.6 cm³/mol. The second kappa shape index (κ2) is 6.79. The number of aromatic nitrogens is 2. The maximum absolute atomic E-state index is 5.38. The average Bonchev–Trinajstić information content (AvgIpc) is 2.90. The first-order chi connectivity index (χ1) is 11.2. The van der Waals surface area contributed by atoms with E-state index in [1.54, 1.807) is 0 Å². The van der Waals surface area contributed by atoms with Gasteiger partial charge in [0.25, 0.3) is 0 Å². The Morgan fingerprint density at radius 1 is 1.17 bits per heavy atom. The van der Waals surface area contributed by atoms with E-state index in [-0.39, 0.29) is 0 Å². The minimum Gasteiger partial charge on any atom is -0.355 e. The van der Waals surface area contributed by atoms with Gasteiger partial charge >= 0.3 is 0 Å². The Hall–Kier alpha value is -2.40. The largest absolute Gasteiger partial charge is 0.355 e. The van der Waals surface area contributed by atoms with E-state index in [2.05, 4.69) is 45.3 Å². The zero-order valence-corrected chi connectivity index (χ0v) is 14.2. The Labute approximate surface area is 141 Å². The third-order valence-electron chi connectivity index (χ3n) is 3.88. The Morgan fingerprint density at radius 2 is 2.00 bits per heavy atom. The monoisotopic (exact) mass is 324 g/mol. The molecule has 0 saturated heterocycles. The van der Waals surface area contributed by atoms with E-state index >= 15 is 0 Å². The van der Waals surface area contributed by atoms with Crippen molar-refractivity contribution in [3.8, 4) is 0 Å². The van der Waals surface area contributed by atoms with Crippen molar-refractivity contribution in [1.82, 2.24) is 14.9 Å². The Morgan fingerprint density at radius 3 is 2.78 bits per heavy atom. The topological polar surface area (TPSA) is 41.9 Å². The third kappa shape index (κ3) is 3.51. The lowest BCUT2D eigenvalue weighted by molar-refractivity contribution is 0.768. The minimum absolute atomic E-state index is 0.588. The van der Waals surface area contributed by atoms with Gasteiger partial charge in [-0.25, -0.2) is 4.98 Å². The molecule has 0 aliphatic carbocycles. The molecular weight excluding hydrogens is 304 g/mol. The standard InChI is InChI=1S/C18H20N4S/c1-3-13-7-6-8-14(11-13)20-18(23)19-12-17-21-15-9-4-5-10-16(15)22(17)2/h4-11H,3,12H2,1-2H3,(H2,19,20,23). The first kappa shape index (κ1) is 15.5. The van der Waals surface area contributed by atoms with Gasteiger partial charge in [0.15, 0.2) is 5.11 Å². The fraction of sp³-hybridized carbons (Fsp3) is 0.222. The number of aryl methyl sites for hydroxylation is 2. The normalized spacial score (nSPS) is 10.7. The molecule has 3 aromatic rings. The molecule has 0 atom stereocenters. The fourth-order valence-corrected chi connectivity index (χ4v) is 2.75. The van der Waals surface area contributed by atoms with Crippen LogP contribution in [-0.2, 0) is 20.0 Å². The molecule has 0 aliphatic rings. The number of anilines is 1. The van der Waals surface area contributed by atoms with Crippen LogP contribution in [0.5, 0.6) is 0 Å². The summed E-state index contributed by atoms with van der Waals surface area (Å²) in [6.07, 6.45) is 1.01. The summed E-state index contributed by atoms with van der Waals surface area (Å²) in [4.78, 5) is 4.63. The van der Waals surface area contributed by atoms with Crippen molar-refractivity contribution in [3.63, 3.8) is 0 Å². The molecule has 118 valence electrons. The molecule has 0 fully saturated rings. The molecule has 0 bridgehead atoms. The van der Waals surface area contributed by atoms with Gasteiger partial charge in [-0.2, -0.15) is 0 Å². The number of benzene rings is 2. The molecule has 1 aromatic heterocycles. The lowest BCUT2D eigenvalue weighted by Crippen LogP contribution is -2.29. The summed E-state index contributed by atoms with van der Waals surface area (Å²) in [5, 5.41) is 7.05. The summed E-state index contributed by atoms with van der Waals surface area (Å²) in [5.41, 5.74) is 4.42. The molecule has 2 N–H and O–H groups in total. The van der Waals surface area contributed by atoms with Crippen LogP contribution in [0.2, 0.25) is 0 Å². The molecule has 0 saturated carbocycles. The maximum atomic E-state index is 5.38. The van der Waals surface area contributed by atoms with E-state index in [1.165, 1.54) is 5.56 Å². The van der Waals surface area contributed by atoms with E-state index in [4.69, 9.17) is 12.2 Å². The quantitative estimate of drug-likeness (QED) is 0.719. The highest BCUT2D eigenvalue weighted by Crippen LogP contribution is 2.14. The Kier molecular flexibility index (Phi) is 4.57. The molecule has 3 rings (SSSR count). The Balaban J connectivity index is 1.65. The highest BCUT2D eigenvalue weighted by Gasteiger charge is 2.07. The fourth-order valence-electron chi connectivity index (χ4n) is 2.56. The van der Waals surface area contributed by atoms with Crippen LogP contribution in [0.1, 0.15) is 18.3 Å². The lowest BCUT2D eigenvalue weighted by Gasteiger charge is -2.11. The molecule has 0 aliphatic heterocycles. The number of nitrogens with one attached hydrogen (secondary N) is 2. The number of imidazole rings is 1. The van der Waals surface area contributed by atoms with Gasteiger partial charge in [-0.15, -0.1) is 0 Å². The van der Waals surface area contributed by atoms with Crippen molar-refractivity contribution in [2.45, 2.75) is 19.9 Å². The van der Waals surface area contributed by atoms with E-state index < -0.39 is 0 Å². The second-order valence-electron chi connectivity index (χ2n) is 5.44. The van der Waals surface area contributed by atoms with Gasteiger partial charge in [-0.05, 0) is 48.5 Å². The highest BCUT2D eigenvalue weighted by atomic mass is 32.1. The molecule has 23 heavy (non-hydrogen) atoms. The number of thiocarbonyl (C=S) groups is 1. The van der Waals surface area contributed by atoms with E-state index in [1.807, 2.05) is 37.4 Å². The van der Waals surface area contributed by atoms with Crippen LogP contribution in [0.25, 0.3) is 11.0 Å². The van der Waals surface area contributed by atoms with Crippen LogP contribution in [0.4, 0.5) is 5.69 Å². The minimum atomic E-state index is 0.588. The zero-order chi connectivity index (χ0) is 16.2. The van der Waals surface area contributed by atoms with Crippen molar-refractivity contribution in [3.05, 3.63) is 59.9 Å². The van der Waals surface area contributed by atoms with Crippen LogP contribution in [0.3, 0.4) is 0 Å². The zero-order valence-electron chi connectivity index (χ0n) is 13.3. The highest BCUT2D eigenvalue weighted by molar-refractivity contribution is 7.80. The molecule has 4 nitrogen and oxygen atoms in total. The first-order valence-corrected chi connectivity index (χ1v) is 8.12. The van der Waals surface area contributed by atoms with Gasteiger partial charge in [0.1, 0.15) is 5.82 Å². The SMILES string of the molecule is CCc1cccc(NC(=S)NCc2nc3ccccc3n2C)c1. The number of nitrogens with zero attached hydrogens (tertiary/aromatic N) is 2. The van der Waals surface area contributed by atoms with Crippen LogP contribution in [0.15, 0.2) is 48.5 Å². The molecule has 0 amide bonds. The second-order valence-corrected chi connectivity index (χ2v) is 5.85. The number of hydrogen-bond donors (Lipinski definition) is 2. The van der Waals surface area contributed by atoms with Crippen LogP contribution in [-0.4, -0.2) is 14.7 Å². The van der Waals surface area contributed by atoms with Crippen LogP contribution >= 0.6 is 12.2 Å². The molecular formula is C18H20N4S. The van der Waals surface area contributed by atoms with Gasteiger partial charge in [-0.3, -0.25) is 0 Å². The number of para-hydroxylation sites is 2. The molecule has 2 aromatic carbocycles. The van der Waals surface area contributed by atoms with Gasteiger partial charge in [0.2, 0.25) is 0 Å². The molecule has 1 heterocycles. The molecule has 5 heteroatoms. The van der Waals surface area contributed by atoms with Gasteiger partial charge in [0.05, 0.1) is 17.6 Å². The van der Waals surface area contributed by atoms with Gasteiger partial charge < -0.3 is 15.2 Å². The van der Waals surface area contributed by atoms with Crippen molar-refractivity contribution >= 4 is 34.1 Å². The predicted octanol–water partition coefficient (Wildman–Crippen LogP) is 3.62. The van der Waals surface area contributed by atoms with Crippen LogP contribution in [0, 0.1) is 0 Å². The average molecular weight is 324 g/mol. The van der Waals surface area contributed by atoms with Crippen molar-refractivity contribution < 1.29 is 0 Å². The number of fused-ring (bicyclic) bond motifs is 1. The summed E-state index contributed by atoms with van der Waals surface area (Å²) in [6, 6.07) is 16.4. The van der Waals surface area contributed by atoms with E-state index in [0.29, 0.717) is 11.7 Å². The third-order valence-corrected chi connectivity index (χ3v) is 4.13. The molecule has 0 spiro atoms. The summed E-state index contributed by atoms with van der Waals surface area (Å²) in [6.45, 7) is 2.73. The lowest BCUT2D eigenvalue weighted by atomic mass is 10.1. The van der Waals surface area contributed by atoms with Crippen molar-refractivity contribution in [2.24, 2.45) is 7.05 Å². The first-order valence-electron chi connectivity index (χ1n) is 7.71. The molecule has 0 unspecified atom stereocenters.